The van der Waals surface area contributed by atoms with Crippen LogP contribution in [0.2, 0.25) is 0 Å². The first-order valence-electron chi connectivity index (χ1n) is 5.56. The fourth-order valence-electron chi connectivity index (χ4n) is 2.06. The van der Waals surface area contributed by atoms with E-state index >= 15 is 0 Å². The SMILES string of the molecule is CC(CCN)Cc1c[nH]c2ccccc12. The van der Waals surface area contributed by atoms with Gasteiger partial charge in [0.15, 0.2) is 0 Å². The molecule has 0 aliphatic heterocycles. The summed E-state index contributed by atoms with van der Waals surface area (Å²) in [6, 6.07) is 8.45. The summed E-state index contributed by atoms with van der Waals surface area (Å²) >= 11 is 0. The summed E-state index contributed by atoms with van der Waals surface area (Å²) in [5.74, 6) is 0.661. The number of nitrogens with one attached hydrogen (secondary N) is 1. The number of H-pyrrole nitrogens is 1. The second-order valence-electron chi connectivity index (χ2n) is 4.25. The number of aromatic nitrogens is 1. The van der Waals surface area contributed by atoms with Gasteiger partial charge in [-0.2, -0.15) is 0 Å². The van der Waals surface area contributed by atoms with Crippen LogP contribution >= 0.6 is 0 Å². The average molecular weight is 202 g/mol. The van der Waals surface area contributed by atoms with Crippen LogP contribution in [0.15, 0.2) is 30.5 Å². The summed E-state index contributed by atoms with van der Waals surface area (Å²) < 4.78 is 0. The Balaban J connectivity index is 2.21. The second kappa shape index (κ2) is 4.49. The lowest BCUT2D eigenvalue weighted by molar-refractivity contribution is 0.540. The number of hydrogen-bond acceptors (Lipinski definition) is 1. The molecule has 2 rings (SSSR count). The summed E-state index contributed by atoms with van der Waals surface area (Å²) in [6.07, 6.45) is 4.33. The Hall–Kier alpha value is -1.28. The maximum absolute atomic E-state index is 5.56. The van der Waals surface area contributed by atoms with Gasteiger partial charge in [-0.15, -0.1) is 0 Å². The number of rotatable bonds is 4. The van der Waals surface area contributed by atoms with Crippen LogP contribution in [0.25, 0.3) is 10.9 Å². The van der Waals surface area contributed by atoms with Crippen molar-refractivity contribution in [2.24, 2.45) is 11.7 Å². The standard InChI is InChI=1S/C13H18N2/c1-10(6-7-14)8-11-9-15-13-5-3-2-4-12(11)13/h2-5,9-10,15H,6-8,14H2,1H3. The van der Waals surface area contributed by atoms with Gasteiger partial charge >= 0.3 is 0 Å². The van der Waals surface area contributed by atoms with Crippen LogP contribution in [-0.2, 0) is 6.42 Å². The molecule has 0 fully saturated rings. The molecule has 2 nitrogen and oxygen atoms in total. The van der Waals surface area contributed by atoms with E-state index in [-0.39, 0.29) is 0 Å². The molecule has 15 heavy (non-hydrogen) atoms. The van der Waals surface area contributed by atoms with Crippen LogP contribution in [0.4, 0.5) is 0 Å². The lowest BCUT2D eigenvalue weighted by atomic mass is 9.98. The molecule has 1 unspecified atom stereocenters. The minimum absolute atomic E-state index is 0.661. The maximum atomic E-state index is 5.56. The van der Waals surface area contributed by atoms with E-state index in [2.05, 4.69) is 42.4 Å². The van der Waals surface area contributed by atoms with E-state index in [4.69, 9.17) is 5.73 Å². The van der Waals surface area contributed by atoms with Crippen molar-refractivity contribution in [3.05, 3.63) is 36.0 Å². The minimum atomic E-state index is 0.661. The van der Waals surface area contributed by atoms with Crippen LogP contribution < -0.4 is 5.73 Å². The summed E-state index contributed by atoms with van der Waals surface area (Å²) in [4.78, 5) is 3.30. The van der Waals surface area contributed by atoms with Gasteiger partial charge in [0, 0.05) is 17.1 Å². The molecule has 0 saturated carbocycles. The molecule has 1 aromatic carbocycles. The number of hydrogen-bond donors (Lipinski definition) is 2. The first kappa shape index (κ1) is 10.2. The van der Waals surface area contributed by atoms with E-state index in [0.29, 0.717) is 5.92 Å². The lowest BCUT2D eigenvalue weighted by Crippen LogP contribution is -2.07. The Kier molecular flexibility index (Phi) is 3.07. The first-order valence-corrected chi connectivity index (χ1v) is 5.56. The molecule has 1 aromatic heterocycles. The lowest BCUT2D eigenvalue weighted by Gasteiger charge is -2.08. The van der Waals surface area contributed by atoms with Gasteiger partial charge in [-0.3, -0.25) is 0 Å². The number of benzene rings is 1. The third-order valence-electron chi connectivity index (χ3n) is 2.90. The topological polar surface area (TPSA) is 41.8 Å². The fourth-order valence-corrected chi connectivity index (χ4v) is 2.06. The van der Waals surface area contributed by atoms with E-state index in [1.54, 1.807) is 0 Å². The zero-order valence-corrected chi connectivity index (χ0v) is 9.16. The molecule has 3 N–H and O–H groups in total. The van der Waals surface area contributed by atoms with Gasteiger partial charge < -0.3 is 10.7 Å². The van der Waals surface area contributed by atoms with Gasteiger partial charge in [0.05, 0.1) is 0 Å². The van der Waals surface area contributed by atoms with Gasteiger partial charge in [0.1, 0.15) is 0 Å². The van der Waals surface area contributed by atoms with Crippen LogP contribution in [0.1, 0.15) is 18.9 Å². The Labute approximate surface area is 90.5 Å². The summed E-state index contributed by atoms with van der Waals surface area (Å²) in [7, 11) is 0. The predicted octanol–water partition coefficient (Wildman–Crippen LogP) is 2.70. The van der Waals surface area contributed by atoms with Crippen LogP contribution in [0, 0.1) is 5.92 Å². The van der Waals surface area contributed by atoms with Crippen molar-refractivity contribution in [1.29, 1.82) is 0 Å². The van der Waals surface area contributed by atoms with Gasteiger partial charge in [-0.25, -0.2) is 0 Å². The first-order chi connectivity index (χ1) is 7.31. The fraction of sp³-hybridized carbons (Fsp3) is 0.385. The highest BCUT2D eigenvalue weighted by Gasteiger charge is 2.07. The van der Waals surface area contributed by atoms with Crippen molar-refractivity contribution in [3.8, 4) is 0 Å². The largest absolute Gasteiger partial charge is 0.361 e. The van der Waals surface area contributed by atoms with Crippen molar-refractivity contribution < 1.29 is 0 Å². The van der Waals surface area contributed by atoms with Crippen molar-refractivity contribution in [2.75, 3.05) is 6.54 Å². The van der Waals surface area contributed by atoms with Crippen LogP contribution in [0.3, 0.4) is 0 Å². The van der Waals surface area contributed by atoms with Crippen molar-refractivity contribution in [2.45, 2.75) is 19.8 Å². The van der Waals surface area contributed by atoms with Crippen LogP contribution in [-0.4, -0.2) is 11.5 Å². The molecule has 0 amide bonds. The van der Waals surface area contributed by atoms with E-state index in [0.717, 1.165) is 19.4 Å². The third-order valence-corrected chi connectivity index (χ3v) is 2.90. The summed E-state index contributed by atoms with van der Waals surface area (Å²) in [5.41, 5.74) is 8.20. The molecule has 1 heterocycles. The molecular formula is C13H18N2. The monoisotopic (exact) mass is 202 g/mol. The molecule has 0 spiro atoms. The summed E-state index contributed by atoms with van der Waals surface area (Å²) in [5, 5.41) is 1.35. The van der Waals surface area contributed by atoms with E-state index < -0.39 is 0 Å². The molecular weight excluding hydrogens is 184 g/mol. The van der Waals surface area contributed by atoms with E-state index in [1.165, 1.54) is 16.5 Å². The van der Waals surface area contributed by atoms with E-state index in [1.807, 2.05) is 0 Å². The highest BCUT2D eigenvalue weighted by atomic mass is 14.7. The van der Waals surface area contributed by atoms with Gasteiger partial charge in [-0.05, 0) is 36.9 Å². The molecule has 1 atom stereocenters. The molecule has 0 saturated heterocycles. The van der Waals surface area contributed by atoms with Crippen molar-refractivity contribution >= 4 is 10.9 Å². The molecule has 0 radical (unpaired) electrons. The molecule has 2 heteroatoms. The Bertz CT molecular complexity index is 431. The second-order valence-corrected chi connectivity index (χ2v) is 4.25. The van der Waals surface area contributed by atoms with Gasteiger partial charge in [-0.1, -0.05) is 25.1 Å². The normalized spacial score (nSPS) is 13.2. The zero-order chi connectivity index (χ0) is 10.7. The van der Waals surface area contributed by atoms with Gasteiger partial charge in [0.2, 0.25) is 0 Å². The molecule has 0 bridgehead atoms. The number of aromatic amines is 1. The Morgan fingerprint density at radius 2 is 2.13 bits per heavy atom. The molecule has 2 aromatic rings. The van der Waals surface area contributed by atoms with E-state index in [9.17, 15) is 0 Å². The Morgan fingerprint density at radius 3 is 2.93 bits per heavy atom. The van der Waals surface area contributed by atoms with Gasteiger partial charge in [0.25, 0.3) is 0 Å². The molecule has 80 valence electrons. The third kappa shape index (κ3) is 2.21. The zero-order valence-electron chi connectivity index (χ0n) is 9.16. The van der Waals surface area contributed by atoms with Crippen molar-refractivity contribution in [3.63, 3.8) is 0 Å². The van der Waals surface area contributed by atoms with Crippen molar-refractivity contribution in [1.82, 2.24) is 4.98 Å². The minimum Gasteiger partial charge on any atom is -0.361 e. The molecule has 0 aliphatic rings. The molecule has 0 aliphatic carbocycles. The maximum Gasteiger partial charge on any atom is 0.0456 e. The Morgan fingerprint density at radius 1 is 1.33 bits per heavy atom. The number of para-hydroxylation sites is 1. The van der Waals surface area contributed by atoms with Crippen LogP contribution in [0.5, 0.6) is 0 Å². The number of nitrogens with two attached hydrogens (primary N) is 1. The highest BCUT2D eigenvalue weighted by Crippen LogP contribution is 2.21. The average Bonchev–Trinajstić information content (AvgIpc) is 2.62. The quantitative estimate of drug-likeness (QED) is 0.786. The predicted molar refractivity (Wildman–Crippen MR) is 64.8 cm³/mol. The summed E-state index contributed by atoms with van der Waals surface area (Å²) in [6.45, 7) is 3.04. The smallest absolute Gasteiger partial charge is 0.0456 e. The highest BCUT2D eigenvalue weighted by molar-refractivity contribution is 5.83. The number of fused-ring (bicyclic) bond motifs is 1.